The van der Waals surface area contributed by atoms with Crippen LogP contribution in [-0.4, -0.2) is 26.3 Å². The molecular formula is C12H15BrO4. The molecule has 0 radical (unpaired) electrons. The number of benzene rings is 1. The second kappa shape index (κ2) is 5.91. The van der Waals surface area contributed by atoms with E-state index < -0.39 is 5.97 Å². The SMILES string of the molecule is COc1cc(Br)c(C(=O)OC(C)C)cc1OC. The van der Waals surface area contributed by atoms with Crippen molar-refractivity contribution in [2.24, 2.45) is 0 Å². The van der Waals surface area contributed by atoms with E-state index in [1.54, 1.807) is 26.0 Å². The van der Waals surface area contributed by atoms with Crippen LogP contribution in [0.1, 0.15) is 24.2 Å². The molecule has 1 aromatic carbocycles. The van der Waals surface area contributed by atoms with Crippen LogP contribution in [0.5, 0.6) is 11.5 Å². The largest absolute Gasteiger partial charge is 0.493 e. The predicted molar refractivity (Wildman–Crippen MR) is 67.8 cm³/mol. The molecule has 0 amide bonds. The fraction of sp³-hybridized carbons (Fsp3) is 0.417. The van der Waals surface area contributed by atoms with E-state index in [-0.39, 0.29) is 6.10 Å². The molecule has 0 saturated carbocycles. The Balaban J connectivity index is 3.12. The van der Waals surface area contributed by atoms with E-state index in [1.165, 1.54) is 14.2 Å². The van der Waals surface area contributed by atoms with E-state index in [4.69, 9.17) is 14.2 Å². The summed E-state index contributed by atoms with van der Waals surface area (Å²) in [5.41, 5.74) is 0.413. The van der Waals surface area contributed by atoms with Gasteiger partial charge in [0.15, 0.2) is 11.5 Å². The van der Waals surface area contributed by atoms with Gasteiger partial charge in [0.05, 0.1) is 25.9 Å². The van der Waals surface area contributed by atoms with E-state index >= 15 is 0 Å². The van der Waals surface area contributed by atoms with Crippen LogP contribution in [-0.2, 0) is 4.74 Å². The van der Waals surface area contributed by atoms with E-state index in [0.29, 0.717) is 21.5 Å². The number of esters is 1. The third-order valence-corrected chi connectivity index (χ3v) is 2.69. The summed E-state index contributed by atoms with van der Waals surface area (Å²) in [4.78, 5) is 11.8. The Hall–Kier alpha value is -1.23. The van der Waals surface area contributed by atoms with Gasteiger partial charge in [-0.3, -0.25) is 0 Å². The van der Waals surface area contributed by atoms with Gasteiger partial charge in [-0.1, -0.05) is 0 Å². The molecule has 0 fully saturated rings. The molecule has 0 aliphatic heterocycles. The number of rotatable bonds is 4. The number of carbonyl (C=O) groups is 1. The Morgan fingerprint density at radius 1 is 1.18 bits per heavy atom. The summed E-state index contributed by atoms with van der Waals surface area (Å²) in [7, 11) is 3.06. The molecule has 0 heterocycles. The molecule has 0 aliphatic carbocycles. The third-order valence-electron chi connectivity index (χ3n) is 2.04. The molecule has 0 saturated heterocycles. The Kier molecular flexibility index (Phi) is 4.81. The topological polar surface area (TPSA) is 44.8 Å². The van der Waals surface area contributed by atoms with Crippen LogP contribution in [0.25, 0.3) is 0 Å². The molecule has 5 heteroatoms. The normalized spacial score (nSPS) is 10.2. The molecule has 1 aromatic rings. The Bertz CT molecular complexity index is 415. The molecule has 4 nitrogen and oxygen atoms in total. The zero-order valence-corrected chi connectivity index (χ0v) is 11.8. The molecule has 0 aliphatic rings. The Morgan fingerprint density at radius 3 is 2.18 bits per heavy atom. The van der Waals surface area contributed by atoms with Crippen LogP contribution in [0, 0.1) is 0 Å². The van der Waals surface area contributed by atoms with Crippen molar-refractivity contribution >= 4 is 21.9 Å². The van der Waals surface area contributed by atoms with Crippen molar-refractivity contribution in [3.05, 3.63) is 22.2 Å². The second-order valence-corrected chi connectivity index (χ2v) is 4.50. The lowest BCUT2D eigenvalue weighted by atomic mass is 10.2. The van der Waals surface area contributed by atoms with Crippen LogP contribution < -0.4 is 9.47 Å². The van der Waals surface area contributed by atoms with Gasteiger partial charge in [0.1, 0.15) is 0 Å². The molecule has 94 valence electrons. The molecule has 0 N–H and O–H groups in total. The summed E-state index contributed by atoms with van der Waals surface area (Å²) < 4.78 is 16.0. The first-order chi connectivity index (χ1) is 7.99. The standard InChI is InChI=1S/C12H15BrO4/c1-7(2)17-12(14)8-5-10(15-3)11(16-4)6-9(8)13/h5-7H,1-4H3. The van der Waals surface area contributed by atoms with Gasteiger partial charge in [-0.2, -0.15) is 0 Å². The Labute approximate surface area is 109 Å². The van der Waals surface area contributed by atoms with E-state index in [1.807, 2.05) is 0 Å². The van der Waals surface area contributed by atoms with E-state index in [0.717, 1.165) is 0 Å². The first-order valence-electron chi connectivity index (χ1n) is 5.12. The van der Waals surface area contributed by atoms with Crippen molar-refractivity contribution in [1.82, 2.24) is 0 Å². The summed E-state index contributed by atoms with van der Waals surface area (Å²) >= 11 is 3.31. The molecule has 17 heavy (non-hydrogen) atoms. The van der Waals surface area contributed by atoms with Crippen LogP contribution in [0.3, 0.4) is 0 Å². The molecular weight excluding hydrogens is 288 g/mol. The van der Waals surface area contributed by atoms with Gasteiger partial charge >= 0.3 is 5.97 Å². The average Bonchev–Trinajstić information content (AvgIpc) is 2.27. The van der Waals surface area contributed by atoms with Crippen LogP contribution in [0.4, 0.5) is 0 Å². The lowest BCUT2D eigenvalue weighted by Gasteiger charge is -2.12. The lowest BCUT2D eigenvalue weighted by molar-refractivity contribution is 0.0376. The minimum atomic E-state index is -0.396. The number of ether oxygens (including phenoxy) is 3. The van der Waals surface area contributed by atoms with Crippen molar-refractivity contribution in [3.8, 4) is 11.5 Å². The van der Waals surface area contributed by atoms with Crippen LogP contribution in [0.2, 0.25) is 0 Å². The van der Waals surface area contributed by atoms with Crippen molar-refractivity contribution in [1.29, 1.82) is 0 Å². The van der Waals surface area contributed by atoms with Gasteiger partial charge in [-0.15, -0.1) is 0 Å². The quantitative estimate of drug-likeness (QED) is 0.802. The highest BCUT2D eigenvalue weighted by molar-refractivity contribution is 9.10. The summed E-state index contributed by atoms with van der Waals surface area (Å²) in [6.45, 7) is 3.60. The number of hydrogen-bond donors (Lipinski definition) is 0. The maximum atomic E-state index is 11.8. The molecule has 0 bridgehead atoms. The molecule has 0 atom stereocenters. The maximum Gasteiger partial charge on any atom is 0.339 e. The van der Waals surface area contributed by atoms with Gasteiger partial charge in [-0.25, -0.2) is 4.79 Å². The summed E-state index contributed by atoms with van der Waals surface area (Å²) in [6, 6.07) is 3.27. The molecule has 0 unspecified atom stereocenters. The first kappa shape index (κ1) is 13.8. The van der Waals surface area contributed by atoms with E-state index in [2.05, 4.69) is 15.9 Å². The zero-order valence-electron chi connectivity index (χ0n) is 10.2. The minimum Gasteiger partial charge on any atom is -0.493 e. The van der Waals surface area contributed by atoms with Gasteiger partial charge in [0.2, 0.25) is 0 Å². The van der Waals surface area contributed by atoms with Crippen molar-refractivity contribution < 1.29 is 19.0 Å². The van der Waals surface area contributed by atoms with Gasteiger partial charge in [0, 0.05) is 4.47 Å². The summed E-state index contributed by atoms with van der Waals surface area (Å²) in [5, 5.41) is 0. The lowest BCUT2D eigenvalue weighted by Crippen LogP contribution is -2.12. The van der Waals surface area contributed by atoms with Gasteiger partial charge in [0.25, 0.3) is 0 Å². The zero-order chi connectivity index (χ0) is 13.0. The fourth-order valence-corrected chi connectivity index (χ4v) is 1.77. The highest BCUT2D eigenvalue weighted by Gasteiger charge is 2.17. The number of halogens is 1. The average molecular weight is 303 g/mol. The first-order valence-corrected chi connectivity index (χ1v) is 5.91. The molecule has 1 rings (SSSR count). The second-order valence-electron chi connectivity index (χ2n) is 3.64. The van der Waals surface area contributed by atoms with Gasteiger partial charge in [-0.05, 0) is 41.9 Å². The summed E-state index contributed by atoms with van der Waals surface area (Å²) in [6.07, 6.45) is -0.164. The number of methoxy groups -OCH3 is 2. The summed E-state index contributed by atoms with van der Waals surface area (Å²) in [5.74, 6) is 0.653. The minimum absolute atomic E-state index is 0.164. The molecule has 0 spiro atoms. The fourth-order valence-electron chi connectivity index (χ4n) is 1.29. The monoisotopic (exact) mass is 302 g/mol. The van der Waals surface area contributed by atoms with Crippen molar-refractivity contribution in [3.63, 3.8) is 0 Å². The van der Waals surface area contributed by atoms with Crippen LogP contribution in [0.15, 0.2) is 16.6 Å². The smallest absolute Gasteiger partial charge is 0.339 e. The Morgan fingerprint density at radius 2 is 1.71 bits per heavy atom. The maximum absolute atomic E-state index is 11.8. The van der Waals surface area contributed by atoms with E-state index in [9.17, 15) is 4.79 Å². The van der Waals surface area contributed by atoms with Crippen molar-refractivity contribution in [2.75, 3.05) is 14.2 Å². The molecule has 0 aromatic heterocycles. The van der Waals surface area contributed by atoms with Gasteiger partial charge < -0.3 is 14.2 Å². The number of hydrogen-bond acceptors (Lipinski definition) is 4. The van der Waals surface area contributed by atoms with Crippen molar-refractivity contribution in [2.45, 2.75) is 20.0 Å². The third kappa shape index (κ3) is 3.36. The highest BCUT2D eigenvalue weighted by Crippen LogP contribution is 2.33. The predicted octanol–water partition coefficient (Wildman–Crippen LogP) is 3.03. The van der Waals surface area contributed by atoms with Crippen LogP contribution >= 0.6 is 15.9 Å². The highest BCUT2D eigenvalue weighted by atomic mass is 79.9. The number of carbonyl (C=O) groups excluding carboxylic acids is 1.